The highest BCUT2D eigenvalue weighted by atomic mass is 32.1. The summed E-state index contributed by atoms with van der Waals surface area (Å²) >= 11 is 1.60. The summed E-state index contributed by atoms with van der Waals surface area (Å²) in [5.74, 6) is 1.43. The zero-order chi connectivity index (χ0) is 17.6. The molecule has 0 spiro atoms. The van der Waals surface area contributed by atoms with E-state index in [-0.39, 0.29) is 11.9 Å². The first-order valence-corrected chi connectivity index (χ1v) is 9.21. The van der Waals surface area contributed by atoms with Gasteiger partial charge in [0.15, 0.2) is 5.82 Å². The predicted molar refractivity (Wildman–Crippen MR) is 99.6 cm³/mol. The molecule has 7 heteroatoms. The number of aromatic nitrogens is 2. The monoisotopic (exact) mass is 358 g/mol. The quantitative estimate of drug-likeness (QED) is 0.769. The lowest BCUT2D eigenvalue weighted by Crippen LogP contribution is -2.43. The van der Waals surface area contributed by atoms with Gasteiger partial charge in [-0.2, -0.15) is 0 Å². The lowest BCUT2D eigenvalue weighted by molar-refractivity contribution is -0.135. The molecule has 0 bridgehead atoms. The van der Waals surface area contributed by atoms with E-state index < -0.39 is 0 Å². The Kier molecular flexibility index (Phi) is 5.78. The molecule has 132 valence electrons. The number of thiophene rings is 1. The minimum Gasteiger partial charge on any atom is -0.377 e. The summed E-state index contributed by atoms with van der Waals surface area (Å²) in [5, 5.41) is 1.99. The van der Waals surface area contributed by atoms with Crippen LogP contribution < -0.4 is 4.90 Å². The summed E-state index contributed by atoms with van der Waals surface area (Å²) in [6, 6.07) is 5.56. The number of ether oxygens (including phenoxy) is 1. The van der Waals surface area contributed by atoms with Crippen molar-refractivity contribution in [2.45, 2.75) is 13.0 Å². The Morgan fingerprint density at radius 1 is 1.52 bits per heavy atom. The van der Waals surface area contributed by atoms with Crippen LogP contribution in [0.3, 0.4) is 0 Å². The van der Waals surface area contributed by atoms with Crippen LogP contribution in [0.5, 0.6) is 0 Å². The molecule has 1 aliphatic heterocycles. The van der Waals surface area contributed by atoms with Crippen LogP contribution in [0, 0.1) is 0 Å². The van der Waals surface area contributed by atoms with Crippen molar-refractivity contribution >= 4 is 29.1 Å². The molecule has 0 aliphatic carbocycles. The van der Waals surface area contributed by atoms with Gasteiger partial charge in [-0.3, -0.25) is 4.79 Å². The first-order chi connectivity index (χ1) is 12.2. The topological polar surface area (TPSA) is 58.6 Å². The lowest BCUT2D eigenvalue weighted by Gasteiger charge is -2.34. The number of carbonyl (C=O) groups excluding carboxylic acids is 1. The third-order valence-corrected chi connectivity index (χ3v) is 5.01. The van der Waals surface area contributed by atoms with Crippen molar-refractivity contribution in [1.82, 2.24) is 14.9 Å². The van der Waals surface area contributed by atoms with E-state index in [1.165, 1.54) is 0 Å². The molecule has 1 atom stereocenters. The molecule has 0 aromatic carbocycles. The highest BCUT2D eigenvalue weighted by Gasteiger charge is 2.29. The van der Waals surface area contributed by atoms with Crippen LogP contribution in [0.25, 0.3) is 6.08 Å². The first kappa shape index (κ1) is 17.6. The minimum absolute atomic E-state index is 0.0421. The van der Waals surface area contributed by atoms with Crippen LogP contribution in [0.2, 0.25) is 0 Å². The van der Waals surface area contributed by atoms with Crippen molar-refractivity contribution in [3.05, 3.63) is 46.6 Å². The van der Waals surface area contributed by atoms with E-state index in [0.29, 0.717) is 25.6 Å². The Morgan fingerprint density at radius 3 is 3.16 bits per heavy atom. The minimum atomic E-state index is -0.264. The summed E-state index contributed by atoms with van der Waals surface area (Å²) in [5.41, 5.74) is 0. The number of hydrogen-bond acceptors (Lipinski definition) is 6. The summed E-state index contributed by atoms with van der Waals surface area (Å²) in [6.45, 7) is 4.40. The van der Waals surface area contributed by atoms with Crippen LogP contribution in [0.4, 0.5) is 5.82 Å². The Balaban J connectivity index is 1.80. The van der Waals surface area contributed by atoms with E-state index in [2.05, 4.69) is 16.9 Å². The van der Waals surface area contributed by atoms with Crippen LogP contribution in [0.1, 0.15) is 23.7 Å². The van der Waals surface area contributed by atoms with Gasteiger partial charge in [0.25, 0.3) is 0 Å². The van der Waals surface area contributed by atoms with Gasteiger partial charge in [0.05, 0.1) is 13.2 Å². The first-order valence-electron chi connectivity index (χ1n) is 8.33. The second-order valence-corrected chi connectivity index (χ2v) is 6.74. The summed E-state index contributed by atoms with van der Waals surface area (Å²) < 4.78 is 5.58. The fourth-order valence-electron chi connectivity index (χ4n) is 2.62. The molecule has 3 heterocycles. The maximum absolute atomic E-state index is 12.7. The third-order valence-electron chi connectivity index (χ3n) is 4.17. The van der Waals surface area contributed by atoms with Gasteiger partial charge in [-0.25, -0.2) is 9.97 Å². The number of carbonyl (C=O) groups is 1. The molecule has 25 heavy (non-hydrogen) atoms. The van der Waals surface area contributed by atoms with E-state index in [9.17, 15) is 4.79 Å². The van der Waals surface area contributed by atoms with E-state index in [1.807, 2.05) is 41.6 Å². The molecular weight excluding hydrogens is 336 g/mol. The molecule has 6 nitrogen and oxygen atoms in total. The molecule has 3 rings (SSSR count). The number of morpholine rings is 1. The average Bonchev–Trinajstić information content (AvgIpc) is 3.19. The van der Waals surface area contributed by atoms with Gasteiger partial charge >= 0.3 is 0 Å². The fraction of sp³-hybridized carbons (Fsp3) is 0.389. The number of anilines is 1. The highest BCUT2D eigenvalue weighted by molar-refractivity contribution is 7.10. The SMILES string of the molecule is CCN(C)c1ccnc([C@H]2COCCN2C(=O)/C=C/c2cccs2)n1. The largest absolute Gasteiger partial charge is 0.377 e. The van der Waals surface area contributed by atoms with Crippen LogP contribution >= 0.6 is 11.3 Å². The second kappa shape index (κ2) is 8.22. The fourth-order valence-corrected chi connectivity index (χ4v) is 3.23. The lowest BCUT2D eigenvalue weighted by atomic mass is 10.2. The van der Waals surface area contributed by atoms with E-state index in [1.54, 1.807) is 28.5 Å². The maximum atomic E-state index is 12.7. The van der Waals surface area contributed by atoms with Crippen molar-refractivity contribution in [2.24, 2.45) is 0 Å². The van der Waals surface area contributed by atoms with E-state index >= 15 is 0 Å². The summed E-state index contributed by atoms with van der Waals surface area (Å²) in [6.07, 6.45) is 5.20. The van der Waals surface area contributed by atoms with Crippen molar-refractivity contribution < 1.29 is 9.53 Å². The van der Waals surface area contributed by atoms with Crippen LogP contribution in [0.15, 0.2) is 35.9 Å². The number of nitrogens with zero attached hydrogens (tertiary/aromatic N) is 4. The van der Waals surface area contributed by atoms with Gasteiger partial charge in [0, 0.05) is 37.3 Å². The summed E-state index contributed by atoms with van der Waals surface area (Å²) in [7, 11) is 1.98. The van der Waals surface area contributed by atoms with Gasteiger partial charge in [-0.05, 0) is 30.5 Å². The van der Waals surface area contributed by atoms with Gasteiger partial charge in [-0.1, -0.05) is 6.07 Å². The van der Waals surface area contributed by atoms with Crippen molar-refractivity contribution in [2.75, 3.05) is 38.3 Å². The molecule has 1 aliphatic rings. The van der Waals surface area contributed by atoms with Gasteiger partial charge in [0.1, 0.15) is 11.9 Å². The molecule has 0 N–H and O–H groups in total. The van der Waals surface area contributed by atoms with Crippen LogP contribution in [-0.4, -0.2) is 54.1 Å². The molecule has 1 fully saturated rings. The van der Waals surface area contributed by atoms with Crippen LogP contribution in [-0.2, 0) is 9.53 Å². The molecule has 2 aromatic rings. The van der Waals surface area contributed by atoms with Gasteiger partial charge in [0.2, 0.25) is 5.91 Å². The zero-order valence-corrected chi connectivity index (χ0v) is 15.3. The number of rotatable bonds is 5. The number of hydrogen-bond donors (Lipinski definition) is 0. The molecule has 0 unspecified atom stereocenters. The second-order valence-electron chi connectivity index (χ2n) is 5.76. The Hall–Kier alpha value is -2.25. The molecule has 0 saturated carbocycles. The molecule has 2 aromatic heterocycles. The average molecular weight is 358 g/mol. The van der Waals surface area contributed by atoms with Gasteiger partial charge < -0.3 is 14.5 Å². The highest BCUT2D eigenvalue weighted by Crippen LogP contribution is 2.23. The standard InChI is InChI=1S/C18H22N4O2S/c1-3-21(2)16-8-9-19-18(20-16)15-13-24-11-10-22(15)17(23)7-6-14-5-4-12-25-14/h4-9,12,15H,3,10-11,13H2,1-2H3/b7-6+/t15-/m1/s1. The van der Waals surface area contributed by atoms with Crippen molar-refractivity contribution in [1.29, 1.82) is 0 Å². The summed E-state index contributed by atoms with van der Waals surface area (Å²) in [4.78, 5) is 26.6. The molecule has 0 radical (unpaired) electrons. The third kappa shape index (κ3) is 4.24. The molecule has 1 saturated heterocycles. The Morgan fingerprint density at radius 2 is 2.40 bits per heavy atom. The van der Waals surface area contributed by atoms with Crippen molar-refractivity contribution in [3.63, 3.8) is 0 Å². The maximum Gasteiger partial charge on any atom is 0.247 e. The normalized spacial score (nSPS) is 17.8. The Bertz CT molecular complexity index is 732. The smallest absolute Gasteiger partial charge is 0.247 e. The molecule has 1 amide bonds. The zero-order valence-electron chi connectivity index (χ0n) is 14.5. The van der Waals surface area contributed by atoms with E-state index in [4.69, 9.17) is 4.74 Å². The predicted octanol–water partition coefficient (Wildman–Crippen LogP) is 2.61. The van der Waals surface area contributed by atoms with E-state index in [0.717, 1.165) is 17.2 Å². The van der Waals surface area contributed by atoms with Crippen molar-refractivity contribution in [3.8, 4) is 0 Å². The number of amides is 1. The Labute approximate surface area is 151 Å². The molecular formula is C18H22N4O2S. The van der Waals surface area contributed by atoms with Gasteiger partial charge in [-0.15, -0.1) is 11.3 Å².